The molecule has 0 bridgehead atoms. The predicted molar refractivity (Wildman–Crippen MR) is 92.5 cm³/mol. The molecule has 0 N–H and O–H groups in total. The highest BCUT2D eigenvalue weighted by Gasteiger charge is 2.17. The van der Waals surface area contributed by atoms with E-state index in [4.69, 9.17) is 0 Å². The lowest BCUT2D eigenvalue weighted by atomic mass is 10.1. The zero-order valence-corrected chi connectivity index (χ0v) is 13.1. The van der Waals surface area contributed by atoms with E-state index in [0.717, 1.165) is 16.8 Å². The van der Waals surface area contributed by atoms with Gasteiger partial charge in [0.15, 0.2) is 5.82 Å². The molecule has 0 fully saturated rings. The number of ketones is 1. The van der Waals surface area contributed by atoms with Crippen LogP contribution in [-0.2, 0) is 6.54 Å². The molecule has 0 radical (unpaired) electrons. The van der Waals surface area contributed by atoms with E-state index in [1.165, 1.54) is 0 Å². The zero-order valence-electron chi connectivity index (χ0n) is 13.1. The number of hydrogen-bond acceptors (Lipinski definition) is 2. The van der Waals surface area contributed by atoms with Crippen molar-refractivity contribution in [3.8, 4) is 11.3 Å². The largest absolute Gasteiger partial charge is 0.324 e. The number of carbonyl (C=O) groups is 1. The second-order valence-corrected chi connectivity index (χ2v) is 5.45. The number of aryl methyl sites for hydroxylation is 1. The van der Waals surface area contributed by atoms with Crippen molar-refractivity contribution >= 4 is 5.78 Å². The Morgan fingerprint density at radius 1 is 1.13 bits per heavy atom. The monoisotopic (exact) mass is 302 g/mol. The molecule has 0 saturated carbocycles. The van der Waals surface area contributed by atoms with Crippen molar-refractivity contribution in [3.05, 3.63) is 90.4 Å². The summed E-state index contributed by atoms with van der Waals surface area (Å²) >= 11 is 0. The molecule has 114 valence electrons. The van der Waals surface area contributed by atoms with E-state index in [1.54, 1.807) is 6.08 Å². The van der Waals surface area contributed by atoms with Crippen molar-refractivity contribution in [1.29, 1.82) is 0 Å². The summed E-state index contributed by atoms with van der Waals surface area (Å²) < 4.78 is 1.84. The molecule has 0 unspecified atom stereocenters. The fourth-order valence-electron chi connectivity index (χ4n) is 2.46. The first-order valence-electron chi connectivity index (χ1n) is 7.54. The predicted octanol–water partition coefficient (Wildman–Crippen LogP) is 4.28. The van der Waals surface area contributed by atoms with E-state index in [2.05, 4.69) is 11.6 Å². The lowest BCUT2D eigenvalue weighted by Gasteiger charge is -2.04. The third-order valence-corrected chi connectivity index (χ3v) is 3.69. The summed E-state index contributed by atoms with van der Waals surface area (Å²) in [5.41, 5.74) is 3.56. The number of hydrogen-bond donors (Lipinski definition) is 0. The summed E-state index contributed by atoms with van der Waals surface area (Å²) in [7, 11) is 0. The second kappa shape index (κ2) is 6.44. The summed E-state index contributed by atoms with van der Waals surface area (Å²) in [6.07, 6.45) is 3.67. The van der Waals surface area contributed by atoms with Crippen molar-refractivity contribution in [1.82, 2.24) is 9.55 Å². The number of allylic oxidation sites excluding steroid dienone is 1. The molecular formula is C20H18N2O. The number of imidazole rings is 1. The summed E-state index contributed by atoms with van der Waals surface area (Å²) in [6, 6.07) is 17.4. The normalized spacial score (nSPS) is 10.5. The van der Waals surface area contributed by atoms with Gasteiger partial charge in [-0.3, -0.25) is 4.79 Å². The van der Waals surface area contributed by atoms with Gasteiger partial charge in [-0.25, -0.2) is 4.98 Å². The molecule has 23 heavy (non-hydrogen) atoms. The molecule has 2 aromatic carbocycles. The lowest BCUT2D eigenvalue weighted by molar-refractivity contribution is 0.102. The minimum atomic E-state index is -0.0750. The highest BCUT2D eigenvalue weighted by Crippen LogP contribution is 2.20. The third-order valence-electron chi connectivity index (χ3n) is 3.69. The Kier molecular flexibility index (Phi) is 4.20. The summed E-state index contributed by atoms with van der Waals surface area (Å²) in [4.78, 5) is 17.3. The molecular weight excluding hydrogens is 284 g/mol. The fraction of sp³-hybridized carbons (Fsp3) is 0.100. The smallest absolute Gasteiger partial charge is 0.228 e. The number of aromatic nitrogens is 2. The zero-order chi connectivity index (χ0) is 16.2. The van der Waals surface area contributed by atoms with Crippen LogP contribution in [0.4, 0.5) is 0 Å². The van der Waals surface area contributed by atoms with E-state index in [1.807, 2.05) is 72.3 Å². The van der Waals surface area contributed by atoms with Crippen molar-refractivity contribution in [2.45, 2.75) is 13.5 Å². The Labute approximate surface area is 135 Å². The van der Waals surface area contributed by atoms with E-state index in [9.17, 15) is 4.79 Å². The van der Waals surface area contributed by atoms with Crippen LogP contribution in [0.3, 0.4) is 0 Å². The minimum Gasteiger partial charge on any atom is -0.324 e. The van der Waals surface area contributed by atoms with Crippen LogP contribution in [0.1, 0.15) is 21.7 Å². The average molecular weight is 302 g/mol. The van der Waals surface area contributed by atoms with Gasteiger partial charge in [0.2, 0.25) is 5.78 Å². The minimum absolute atomic E-state index is 0.0750. The summed E-state index contributed by atoms with van der Waals surface area (Å²) in [5.74, 6) is 0.363. The van der Waals surface area contributed by atoms with Crippen LogP contribution in [0.2, 0.25) is 0 Å². The van der Waals surface area contributed by atoms with Crippen LogP contribution < -0.4 is 0 Å². The SMILES string of the molecule is C=CCn1cc(-c2ccccc2)nc1C(=O)c1ccc(C)cc1. The van der Waals surface area contributed by atoms with Crippen molar-refractivity contribution in [2.24, 2.45) is 0 Å². The molecule has 1 aromatic heterocycles. The van der Waals surface area contributed by atoms with Crippen molar-refractivity contribution < 1.29 is 4.79 Å². The number of rotatable bonds is 5. The molecule has 0 amide bonds. The van der Waals surface area contributed by atoms with Crippen LogP contribution >= 0.6 is 0 Å². The third kappa shape index (κ3) is 3.14. The van der Waals surface area contributed by atoms with Gasteiger partial charge in [-0.15, -0.1) is 6.58 Å². The molecule has 0 aliphatic rings. The second-order valence-electron chi connectivity index (χ2n) is 5.45. The van der Waals surface area contributed by atoms with Gasteiger partial charge in [0.25, 0.3) is 0 Å². The molecule has 0 spiro atoms. The van der Waals surface area contributed by atoms with E-state index >= 15 is 0 Å². The standard InChI is InChI=1S/C20H18N2O/c1-3-13-22-14-18(16-7-5-4-6-8-16)21-20(22)19(23)17-11-9-15(2)10-12-17/h3-12,14H,1,13H2,2H3. The van der Waals surface area contributed by atoms with Crippen LogP contribution in [0.15, 0.2) is 73.4 Å². The van der Waals surface area contributed by atoms with Gasteiger partial charge in [-0.05, 0) is 6.92 Å². The lowest BCUT2D eigenvalue weighted by Crippen LogP contribution is -2.10. The van der Waals surface area contributed by atoms with E-state index in [0.29, 0.717) is 17.9 Å². The van der Waals surface area contributed by atoms with Gasteiger partial charge in [-0.1, -0.05) is 66.2 Å². The molecule has 0 aliphatic heterocycles. The first-order chi connectivity index (χ1) is 11.2. The van der Waals surface area contributed by atoms with Crippen molar-refractivity contribution in [2.75, 3.05) is 0 Å². The Hall–Kier alpha value is -2.94. The molecule has 0 saturated heterocycles. The average Bonchev–Trinajstić information content (AvgIpc) is 3.00. The Morgan fingerprint density at radius 2 is 1.83 bits per heavy atom. The fourth-order valence-corrected chi connectivity index (χ4v) is 2.46. The highest BCUT2D eigenvalue weighted by molar-refractivity contribution is 6.07. The Balaban J connectivity index is 2.03. The molecule has 0 atom stereocenters. The Morgan fingerprint density at radius 3 is 2.48 bits per heavy atom. The van der Waals surface area contributed by atoms with E-state index in [-0.39, 0.29) is 5.78 Å². The van der Waals surface area contributed by atoms with Gasteiger partial charge >= 0.3 is 0 Å². The topological polar surface area (TPSA) is 34.9 Å². The number of nitrogens with zero attached hydrogens (tertiary/aromatic N) is 2. The summed E-state index contributed by atoms with van der Waals surface area (Å²) in [6.45, 7) is 6.31. The quantitative estimate of drug-likeness (QED) is 0.521. The van der Waals surface area contributed by atoms with Crippen LogP contribution in [0, 0.1) is 6.92 Å². The van der Waals surface area contributed by atoms with Gasteiger partial charge in [0.1, 0.15) is 0 Å². The van der Waals surface area contributed by atoms with Crippen LogP contribution in [0.5, 0.6) is 0 Å². The van der Waals surface area contributed by atoms with Crippen LogP contribution in [0.25, 0.3) is 11.3 Å². The molecule has 3 heteroatoms. The highest BCUT2D eigenvalue weighted by atomic mass is 16.1. The number of carbonyl (C=O) groups excluding carboxylic acids is 1. The van der Waals surface area contributed by atoms with Crippen molar-refractivity contribution in [3.63, 3.8) is 0 Å². The first kappa shape index (κ1) is 15.0. The maximum Gasteiger partial charge on any atom is 0.228 e. The molecule has 3 nitrogen and oxygen atoms in total. The van der Waals surface area contributed by atoms with Gasteiger partial charge in [-0.2, -0.15) is 0 Å². The molecule has 3 rings (SSSR count). The summed E-state index contributed by atoms with van der Waals surface area (Å²) in [5, 5.41) is 0. The molecule has 3 aromatic rings. The maximum atomic E-state index is 12.8. The molecule has 0 aliphatic carbocycles. The Bertz CT molecular complexity index is 830. The molecule has 1 heterocycles. The van der Waals surface area contributed by atoms with Gasteiger partial charge < -0.3 is 4.57 Å². The first-order valence-corrected chi connectivity index (χ1v) is 7.54. The maximum absolute atomic E-state index is 12.8. The van der Waals surface area contributed by atoms with E-state index < -0.39 is 0 Å². The van der Waals surface area contributed by atoms with Gasteiger partial charge in [0.05, 0.1) is 5.69 Å². The van der Waals surface area contributed by atoms with Gasteiger partial charge in [0, 0.05) is 23.9 Å². The number of benzene rings is 2. The van der Waals surface area contributed by atoms with Crippen LogP contribution in [-0.4, -0.2) is 15.3 Å².